The molecular weight excluding hydrogens is 331 g/mol. The molecule has 1 aromatic rings. The molecule has 1 aromatic carbocycles. The number of amides is 1. The summed E-state index contributed by atoms with van der Waals surface area (Å²) in [6.07, 6.45) is 10.4. The number of benzene rings is 1. The summed E-state index contributed by atoms with van der Waals surface area (Å²) >= 11 is 0. The molecule has 3 rings (SSSR count). The van der Waals surface area contributed by atoms with Gasteiger partial charge in [0.05, 0.1) is 11.3 Å². The molecule has 5 nitrogen and oxygen atoms in total. The molecule has 144 valence electrons. The van der Waals surface area contributed by atoms with E-state index < -0.39 is 0 Å². The van der Waals surface area contributed by atoms with Crippen LogP contribution in [0.4, 0.5) is 15.8 Å². The van der Waals surface area contributed by atoms with Gasteiger partial charge in [-0.1, -0.05) is 39.0 Å². The Labute approximate surface area is 155 Å². The molecule has 0 aromatic heterocycles. The fraction of sp³-hybridized carbons (Fsp3) is 0.650. The van der Waals surface area contributed by atoms with E-state index in [1.54, 1.807) is 6.07 Å². The number of hydrazine groups is 1. The monoisotopic (exact) mass is 362 g/mol. The quantitative estimate of drug-likeness (QED) is 0.550. The van der Waals surface area contributed by atoms with E-state index in [1.165, 1.54) is 38.2 Å². The van der Waals surface area contributed by atoms with Gasteiger partial charge in [-0.3, -0.25) is 10.2 Å². The smallest absolute Gasteiger partial charge is 0.267 e. The van der Waals surface area contributed by atoms with Gasteiger partial charge in [0.25, 0.3) is 5.91 Å². The van der Waals surface area contributed by atoms with Gasteiger partial charge in [0.15, 0.2) is 0 Å². The number of halogens is 1. The highest BCUT2D eigenvalue weighted by Gasteiger charge is 2.22. The van der Waals surface area contributed by atoms with E-state index in [0.717, 1.165) is 25.7 Å². The average Bonchev–Trinajstić information content (AvgIpc) is 3.16. The van der Waals surface area contributed by atoms with Gasteiger partial charge >= 0.3 is 0 Å². The summed E-state index contributed by atoms with van der Waals surface area (Å²) in [5.74, 6) is -0.676. The van der Waals surface area contributed by atoms with Crippen LogP contribution < -0.4 is 21.5 Å². The molecule has 2 aliphatic carbocycles. The maximum atomic E-state index is 14.7. The van der Waals surface area contributed by atoms with Crippen molar-refractivity contribution in [3.8, 4) is 0 Å². The topological polar surface area (TPSA) is 65.2 Å². The molecule has 0 radical (unpaired) electrons. The predicted octanol–water partition coefficient (Wildman–Crippen LogP) is 4.18. The first-order chi connectivity index (χ1) is 12.7. The van der Waals surface area contributed by atoms with Crippen molar-refractivity contribution in [2.45, 2.75) is 76.8 Å². The summed E-state index contributed by atoms with van der Waals surface area (Å²) in [5, 5.41) is 6.84. The Morgan fingerprint density at radius 2 is 1.54 bits per heavy atom. The lowest BCUT2D eigenvalue weighted by molar-refractivity contribution is 0.0934. The van der Waals surface area contributed by atoms with Crippen LogP contribution in [0, 0.1) is 5.82 Å². The Morgan fingerprint density at radius 3 is 2.15 bits per heavy atom. The molecule has 0 spiro atoms. The highest BCUT2D eigenvalue weighted by molar-refractivity contribution is 6.00. The van der Waals surface area contributed by atoms with Gasteiger partial charge in [-0.05, 0) is 37.8 Å². The van der Waals surface area contributed by atoms with Gasteiger partial charge < -0.3 is 10.6 Å². The van der Waals surface area contributed by atoms with E-state index in [0.29, 0.717) is 35.6 Å². The minimum absolute atomic E-state index is 0.310. The molecule has 0 unspecified atom stereocenters. The van der Waals surface area contributed by atoms with Crippen molar-refractivity contribution >= 4 is 17.3 Å². The summed E-state index contributed by atoms with van der Waals surface area (Å²) < 4.78 is 14.7. The molecule has 0 aliphatic heterocycles. The molecule has 4 N–H and O–H groups in total. The summed E-state index contributed by atoms with van der Waals surface area (Å²) in [4.78, 5) is 12.5. The highest BCUT2D eigenvalue weighted by Crippen LogP contribution is 2.30. The number of nitrogens with one attached hydrogen (secondary N) is 4. The zero-order valence-electron chi connectivity index (χ0n) is 15.7. The molecule has 2 saturated carbocycles. The van der Waals surface area contributed by atoms with Crippen LogP contribution >= 0.6 is 0 Å². The standard InChI is InChI=1S/C20H31FN4O/c1-2-22-25-20(26)16-12-17(21)19(24-15-8-4-3-5-9-15)13-18(16)23-14-10-6-7-11-14/h12-15,22-24H,2-11H2,1H3,(H,25,26). The van der Waals surface area contributed by atoms with Crippen LogP contribution in [0.2, 0.25) is 0 Å². The molecule has 0 atom stereocenters. The van der Waals surface area contributed by atoms with E-state index >= 15 is 0 Å². The van der Waals surface area contributed by atoms with E-state index in [1.807, 2.05) is 6.92 Å². The molecule has 0 bridgehead atoms. The van der Waals surface area contributed by atoms with Gasteiger partial charge in [0.1, 0.15) is 5.82 Å². The number of hydrogen-bond donors (Lipinski definition) is 4. The Kier molecular flexibility index (Phi) is 6.72. The Balaban J connectivity index is 1.82. The van der Waals surface area contributed by atoms with Gasteiger partial charge in [0.2, 0.25) is 0 Å². The van der Waals surface area contributed by atoms with E-state index in [9.17, 15) is 9.18 Å². The first kappa shape index (κ1) is 19.0. The molecule has 0 heterocycles. The van der Waals surface area contributed by atoms with Gasteiger partial charge in [-0.15, -0.1) is 0 Å². The van der Waals surface area contributed by atoms with Crippen LogP contribution in [0.25, 0.3) is 0 Å². The van der Waals surface area contributed by atoms with Crippen molar-refractivity contribution in [2.75, 3.05) is 17.2 Å². The van der Waals surface area contributed by atoms with Gasteiger partial charge in [-0.25, -0.2) is 9.82 Å². The maximum Gasteiger partial charge on any atom is 0.267 e. The summed E-state index contributed by atoms with van der Waals surface area (Å²) in [5.41, 5.74) is 6.99. The number of hydrogen-bond acceptors (Lipinski definition) is 4. The van der Waals surface area contributed by atoms with Crippen molar-refractivity contribution in [2.24, 2.45) is 0 Å². The lowest BCUT2D eigenvalue weighted by Gasteiger charge is -2.25. The summed E-state index contributed by atoms with van der Waals surface area (Å²) in [6, 6.07) is 3.81. The molecular formula is C20H31FN4O. The van der Waals surface area contributed by atoms with E-state index in [-0.39, 0.29) is 11.7 Å². The zero-order valence-corrected chi connectivity index (χ0v) is 15.7. The molecule has 1 amide bonds. The first-order valence-corrected chi connectivity index (χ1v) is 10.1. The Bertz CT molecular complexity index is 610. The highest BCUT2D eigenvalue weighted by atomic mass is 19.1. The minimum atomic E-state index is -0.366. The maximum absolute atomic E-state index is 14.7. The minimum Gasteiger partial charge on any atom is -0.382 e. The van der Waals surface area contributed by atoms with Crippen molar-refractivity contribution < 1.29 is 9.18 Å². The third kappa shape index (κ3) is 4.87. The average molecular weight is 362 g/mol. The summed E-state index contributed by atoms with van der Waals surface area (Å²) in [7, 11) is 0. The Morgan fingerprint density at radius 1 is 0.962 bits per heavy atom. The molecule has 26 heavy (non-hydrogen) atoms. The largest absolute Gasteiger partial charge is 0.382 e. The van der Waals surface area contributed by atoms with E-state index in [2.05, 4.69) is 21.5 Å². The molecule has 0 saturated heterocycles. The normalized spacial score (nSPS) is 18.7. The fourth-order valence-corrected chi connectivity index (χ4v) is 3.98. The van der Waals surface area contributed by atoms with Crippen LogP contribution in [-0.2, 0) is 0 Å². The second-order valence-corrected chi connectivity index (χ2v) is 7.47. The van der Waals surface area contributed by atoms with Crippen molar-refractivity contribution in [3.63, 3.8) is 0 Å². The van der Waals surface area contributed by atoms with Crippen molar-refractivity contribution in [3.05, 3.63) is 23.5 Å². The van der Waals surface area contributed by atoms with Crippen LogP contribution in [-0.4, -0.2) is 24.5 Å². The predicted molar refractivity (Wildman–Crippen MR) is 104 cm³/mol. The van der Waals surface area contributed by atoms with Crippen LogP contribution in [0.15, 0.2) is 12.1 Å². The Hall–Kier alpha value is -1.82. The lowest BCUT2D eigenvalue weighted by Crippen LogP contribution is -2.37. The van der Waals surface area contributed by atoms with Crippen LogP contribution in [0.3, 0.4) is 0 Å². The van der Waals surface area contributed by atoms with Gasteiger partial charge in [-0.2, -0.15) is 0 Å². The zero-order chi connectivity index (χ0) is 18.4. The second-order valence-electron chi connectivity index (χ2n) is 7.47. The molecule has 2 aliphatic rings. The third-order valence-corrected chi connectivity index (χ3v) is 5.41. The first-order valence-electron chi connectivity index (χ1n) is 10.1. The van der Waals surface area contributed by atoms with Crippen molar-refractivity contribution in [1.82, 2.24) is 10.9 Å². The summed E-state index contributed by atoms with van der Waals surface area (Å²) in [6.45, 7) is 2.51. The third-order valence-electron chi connectivity index (χ3n) is 5.41. The van der Waals surface area contributed by atoms with Crippen LogP contribution in [0.5, 0.6) is 0 Å². The van der Waals surface area contributed by atoms with Crippen LogP contribution in [0.1, 0.15) is 75.1 Å². The number of anilines is 2. The number of carbonyl (C=O) groups is 1. The number of carbonyl (C=O) groups excluding carboxylic acids is 1. The van der Waals surface area contributed by atoms with E-state index in [4.69, 9.17) is 0 Å². The van der Waals surface area contributed by atoms with Gasteiger partial charge in [0, 0.05) is 24.3 Å². The lowest BCUT2D eigenvalue weighted by atomic mass is 9.95. The fourth-order valence-electron chi connectivity index (χ4n) is 3.98. The van der Waals surface area contributed by atoms with Crippen molar-refractivity contribution in [1.29, 1.82) is 0 Å². The SMILES string of the molecule is CCNNC(=O)c1cc(F)c(NC2CCCCC2)cc1NC1CCCC1. The molecule has 2 fully saturated rings. The molecule has 6 heteroatoms. The number of rotatable bonds is 7. The second kappa shape index (κ2) is 9.21.